The van der Waals surface area contributed by atoms with Crippen LogP contribution < -0.4 is 0 Å². The predicted octanol–water partition coefficient (Wildman–Crippen LogP) is 0.936. The summed E-state index contributed by atoms with van der Waals surface area (Å²) in [5.41, 5.74) is 0. The molecule has 1 aliphatic heterocycles. The molecule has 6 heteroatoms. The number of hydrogen-bond donors (Lipinski definition) is 0. The minimum atomic E-state index is -3.02. The third-order valence-electron chi connectivity index (χ3n) is 3.01. The molecule has 94 valence electrons. The monoisotopic (exact) mass is 273 g/mol. The van der Waals surface area contributed by atoms with E-state index in [2.05, 4.69) is 0 Å². The number of hydrogen-bond acceptors (Lipinski definition) is 4. The van der Waals surface area contributed by atoms with Crippen LogP contribution in [0, 0.1) is 0 Å². The van der Waals surface area contributed by atoms with Gasteiger partial charge in [0.15, 0.2) is 9.84 Å². The molecule has 1 atom stereocenters. The van der Waals surface area contributed by atoms with Crippen LogP contribution in [0.25, 0.3) is 0 Å². The Hall–Kier alpha value is -0.880. The van der Waals surface area contributed by atoms with Crippen LogP contribution in [0.15, 0.2) is 17.5 Å². The molecule has 17 heavy (non-hydrogen) atoms. The predicted molar refractivity (Wildman–Crippen MR) is 67.9 cm³/mol. The second-order valence-electron chi connectivity index (χ2n) is 4.34. The van der Waals surface area contributed by atoms with Gasteiger partial charge in [0.25, 0.3) is 0 Å². The lowest BCUT2D eigenvalue weighted by atomic mass is 10.3. The first kappa shape index (κ1) is 12.6. The number of rotatable bonds is 3. The Morgan fingerprint density at radius 1 is 1.59 bits per heavy atom. The SMILES string of the molecule is CS(=O)(=O)[C@H]1CCN(C(=O)Cc2cccs2)C1. The Kier molecular flexibility index (Phi) is 3.53. The highest BCUT2D eigenvalue weighted by atomic mass is 32.2. The van der Waals surface area contributed by atoms with E-state index in [1.54, 1.807) is 16.2 Å². The molecule has 0 N–H and O–H groups in total. The van der Waals surface area contributed by atoms with Crippen molar-refractivity contribution in [2.75, 3.05) is 19.3 Å². The van der Waals surface area contributed by atoms with Crippen LogP contribution in [0.4, 0.5) is 0 Å². The molecule has 1 amide bonds. The van der Waals surface area contributed by atoms with E-state index >= 15 is 0 Å². The van der Waals surface area contributed by atoms with E-state index in [4.69, 9.17) is 0 Å². The van der Waals surface area contributed by atoms with Crippen molar-refractivity contribution in [1.29, 1.82) is 0 Å². The zero-order valence-corrected chi connectivity index (χ0v) is 11.3. The maximum Gasteiger partial charge on any atom is 0.227 e. The summed E-state index contributed by atoms with van der Waals surface area (Å²) in [4.78, 5) is 14.6. The van der Waals surface area contributed by atoms with Crippen LogP contribution in [-0.2, 0) is 21.1 Å². The quantitative estimate of drug-likeness (QED) is 0.823. The molecule has 0 unspecified atom stereocenters. The van der Waals surface area contributed by atoms with Gasteiger partial charge in [0, 0.05) is 24.2 Å². The molecule has 1 saturated heterocycles. The van der Waals surface area contributed by atoms with Gasteiger partial charge >= 0.3 is 0 Å². The Labute approximate surface area is 105 Å². The van der Waals surface area contributed by atoms with Gasteiger partial charge in [0.05, 0.1) is 11.7 Å². The van der Waals surface area contributed by atoms with Gasteiger partial charge in [-0.3, -0.25) is 4.79 Å². The fourth-order valence-electron chi connectivity index (χ4n) is 1.98. The number of amides is 1. The van der Waals surface area contributed by atoms with Crippen molar-refractivity contribution in [1.82, 2.24) is 4.90 Å². The molecule has 1 aromatic heterocycles. The summed E-state index contributed by atoms with van der Waals surface area (Å²) in [5.74, 6) is 0.0265. The van der Waals surface area contributed by atoms with Gasteiger partial charge in [-0.2, -0.15) is 0 Å². The van der Waals surface area contributed by atoms with Crippen molar-refractivity contribution >= 4 is 27.1 Å². The molecule has 1 aromatic rings. The molecule has 4 nitrogen and oxygen atoms in total. The van der Waals surface area contributed by atoms with E-state index in [1.165, 1.54) is 6.26 Å². The minimum absolute atomic E-state index is 0.0265. The van der Waals surface area contributed by atoms with Gasteiger partial charge in [-0.1, -0.05) is 6.07 Å². The van der Waals surface area contributed by atoms with E-state index in [-0.39, 0.29) is 11.2 Å². The summed E-state index contributed by atoms with van der Waals surface area (Å²) < 4.78 is 22.8. The molecule has 0 radical (unpaired) electrons. The third-order valence-corrected chi connectivity index (χ3v) is 5.48. The Balaban J connectivity index is 1.95. The molecule has 1 fully saturated rings. The molecule has 1 aliphatic rings. The van der Waals surface area contributed by atoms with Crippen LogP contribution in [0.2, 0.25) is 0 Å². The van der Waals surface area contributed by atoms with Crippen molar-refractivity contribution in [3.05, 3.63) is 22.4 Å². The average Bonchev–Trinajstić information content (AvgIpc) is 2.85. The number of carbonyl (C=O) groups excluding carboxylic acids is 1. The van der Waals surface area contributed by atoms with Gasteiger partial charge in [0.1, 0.15) is 0 Å². The topological polar surface area (TPSA) is 54.5 Å². The maximum atomic E-state index is 11.9. The van der Waals surface area contributed by atoms with E-state index in [9.17, 15) is 13.2 Å². The Morgan fingerprint density at radius 2 is 2.35 bits per heavy atom. The number of thiophene rings is 1. The summed E-state index contributed by atoms with van der Waals surface area (Å²) in [6.45, 7) is 0.908. The first-order valence-electron chi connectivity index (χ1n) is 5.46. The molecule has 0 aromatic carbocycles. The molecule has 0 aliphatic carbocycles. The molecule has 0 spiro atoms. The highest BCUT2D eigenvalue weighted by Gasteiger charge is 2.32. The average molecular weight is 273 g/mol. The summed E-state index contributed by atoms with van der Waals surface area (Å²) in [7, 11) is -3.02. The molecule has 2 heterocycles. The van der Waals surface area contributed by atoms with Crippen molar-refractivity contribution < 1.29 is 13.2 Å². The summed E-state index contributed by atoms with van der Waals surface area (Å²) in [6, 6.07) is 3.84. The van der Waals surface area contributed by atoms with Crippen molar-refractivity contribution in [3.63, 3.8) is 0 Å². The smallest absolute Gasteiger partial charge is 0.227 e. The zero-order chi connectivity index (χ0) is 12.5. The van der Waals surface area contributed by atoms with Gasteiger partial charge in [0.2, 0.25) is 5.91 Å². The van der Waals surface area contributed by atoms with Crippen molar-refractivity contribution in [3.8, 4) is 0 Å². The number of carbonyl (C=O) groups is 1. The number of sulfone groups is 1. The van der Waals surface area contributed by atoms with E-state index in [1.807, 2.05) is 17.5 Å². The summed E-state index contributed by atoms with van der Waals surface area (Å²) >= 11 is 1.55. The lowest BCUT2D eigenvalue weighted by Gasteiger charge is -2.15. The molecular weight excluding hydrogens is 258 g/mol. The summed E-state index contributed by atoms with van der Waals surface area (Å²) in [6.07, 6.45) is 2.19. The number of nitrogens with zero attached hydrogens (tertiary/aromatic N) is 1. The number of likely N-dealkylation sites (tertiary alicyclic amines) is 1. The lowest BCUT2D eigenvalue weighted by Crippen LogP contribution is -2.32. The highest BCUT2D eigenvalue weighted by molar-refractivity contribution is 7.91. The Bertz CT molecular complexity index is 493. The standard InChI is InChI=1S/C11H15NO3S2/c1-17(14,15)10-4-5-12(8-10)11(13)7-9-3-2-6-16-9/h2-3,6,10H,4-5,7-8H2,1H3/t10-/m0/s1. The van der Waals surface area contributed by atoms with Crippen LogP contribution in [0.5, 0.6) is 0 Å². The first-order valence-corrected chi connectivity index (χ1v) is 8.29. The van der Waals surface area contributed by atoms with Crippen LogP contribution in [0.1, 0.15) is 11.3 Å². The van der Waals surface area contributed by atoms with Gasteiger partial charge in [-0.05, 0) is 17.9 Å². The zero-order valence-electron chi connectivity index (χ0n) is 9.63. The van der Waals surface area contributed by atoms with Crippen molar-refractivity contribution in [2.45, 2.75) is 18.1 Å². The van der Waals surface area contributed by atoms with E-state index in [0.29, 0.717) is 25.9 Å². The van der Waals surface area contributed by atoms with Crippen molar-refractivity contribution in [2.24, 2.45) is 0 Å². The minimum Gasteiger partial charge on any atom is -0.341 e. The Morgan fingerprint density at radius 3 is 2.88 bits per heavy atom. The summed E-state index contributed by atoms with van der Waals surface area (Å²) in [5, 5.41) is 1.56. The van der Waals surface area contributed by atoms with E-state index < -0.39 is 9.84 Å². The van der Waals surface area contributed by atoms with Crippen LogP contribution >= 0.6 is 11.3 Å². The fourth-order valence-corrected chi connectivity index (χ4v) is 3.66. The maximum absolute atomic E-state index is 11.9. The van der Waals surface area contributed by atoms with Gasteiger partial charge in [-0.25, -0.2) is 8.42 Å². The van der Waals surface area contributed by atoms with Crippen LogP contribution in [0.3, 0.4) is 0 Å². The second-order valence-corrected chi connectivity index (χ2v) is 7.69. The molecule has 0 saturated carbocycles. The normalized spacial score (nSPS) is 20.8. The fraction of sp³-hybridized carbons (Fsp3) is 0.545. The molecule has 2 rings (SSSR count). The highest BCUT2D eigenvalue weighted by Crippen LogP contribution is 2.18. The third kappa shape index (κ3) is 3.07. The molecular formula is C11H15NO3S2. The van der Waals surface area contributed by atoms with E-state index in [0.717, 1.165) is 4.88 Å². The first-order chi connectivity index (χ1) is 7.97. The molecule has 0 bridgehead atoms. The second kappa shape index (κ2) is 4.78. The van der Waals surface area contributed by atoms with Crippen LogP contribution in [-0.4, -0.2) is 43.8 Å². The largest absolute Gasteiger partial charge is 0.341 e. The lowest BCUT2D eigenvalue weighted by molar-refractivity contribution is -0.129. The van der Waals surface area contributed by atoms with Gasteiger partial charge in [-0.15, -0.1) is 11.3 Å². The van der Waals surface area contributed by atoms with Gasteiger partial charge < -0.3 is 4.90 Å².